The van der Waals surface area contributed by atoms with Gasteiger partial charge in [-0.2, -0.15) is 0 Å². The van der Waals surface area contributed by atoms with E-state index in [0.717, 1.165) is 54.5 Å². The second-order valence-corrected chi connectivity index (χ2v) is 9.64. The molecule has 0 saturated carbocycles. The number of carbonyl (C=O) groups excluding carboxylic acids is 1. The Morgan fingerprint density at radius 3 is 2.44 bits per heavy atom. The quantitative estimate of drug-likeness (QED) is 0.355. The molecule has 3 aliphatic rings. The molecule has 2 aromatic heterocycles. The van der Waals surface area contributed by atoms with E-state index in [0.29, 0.717) is 39.6 Å². The van der Waals surface area contributed by atoms with Crippen LogP contribution in [0.5, 0.6) is 11.5 Å². The van der Waals surface area contributed by atoms with Gasteiger partial charge in [0, 0.05) is 61.5 Å². The van der Waals surface area contributed by atoms with Crippen molar-refractivity contribution in [3.05, 3.63) is 78.1 Å². The number of hydrogen-bond acceptors (Lipinski definition) is 10. The Morgan fingerprint density at radius 1 is 0.821 bits per heavy atom. The normalized spacial score (nSPS) is 15.5. The monoisotopic (exact) mass is 518 g/mol. The van der Waals surface area contributed by atoms with Gasteiger partial charge in [-0.25, -0.2) is 9.97 Å². The number of aromatic nitrogens is 3. The van der Waals surface area contributed by atoms with E-state index >= 15 is 0 Å². The van der Waals surface area contributed by atoms with Crippen LogP contribution < -0.4 is 24.6 Å². The number of ether oxygens (including phenoxy) is 2. The van der Waals surface area contributed by atoms with Gasteiger partial charge in [-0.3, -0.25) is 4.79 Å². The molecule has 0 spiro atoms. The first kappa shape index (κ1) is 21.9. The number of hydrogen-bond donors (Lipinski definition) is 1. The van der Waals surface area contributed by atoms with Crippen LogP contribution in [0.2, 0.25) is 0 Å². The molecule has 39 heavy (non-hydrogen) atoms. The smallest absolute Gasteiger partial charge is 0.231 e. The van der Waals surface area contributed by atoms with Gasteiger partial charge in [0.25, 0.3) is 0 Å². The van der Waals surface area contributed by atoms with Crippen molar-refractivity contribution in [1.82, 2.24) is 15.1 Å². The van der Waals surface area contributed by atoms with Gasteiger partial charge in [0.1, 0.15) is 5.52 Å². The maximum Gasteiger partial charge on any atom is 0.231 e. The third-order valence-corrected chi connectivity index (χ3v) is 7.49. The molecule has 1 fully saturated rings. The molecule has 3 aromatic carbocycles. The predicted octanol–water partition coefficient (Wildman–Crippen LogP) is 4.63. The van der Waals surface area contributed by atoms with Gasteiger partial charge in [0.2, 0.25) is 12.7 Å². The standard InChI is InChI=1S/C29H22N6O4/c36-27-18-4-1-2-5-19(18)28-25-24(27)20(32-17-6-7-22-23(14-17)38-16-37-22)15-21(26(25)33-39-28)34-10-12-35(13-11-34)29-30-8-3-9-31-29/h1-9,14-15,32H,10-13,16H2. The molecule has 0 unspecified atom stereocenters. The molecule has 2 aliphatic heterocycles. The van der Waals surface area contributed by atoms with Crippen LogP contribution in [-0.2, 0) is 0 Å². The van der Waals surface area contributed by atoms with Crippen molar-refractivity contribution in [3.63, 3.8) is 0 Å². The molecule has 4 heterocycles. The molecule has 1 aliphatic carbocycles. The number of fused-ring (bicyclic) bond motifs is 3. The minimum atomic E-state index is -0.0628. The van der Waals surface area contributed by atoms with Crippen molar-refractivity contribution in [1.29, 1.82) is 0 Å². The number of benzene rings is 3. The maximum atomic E-state index is 13.9. The van der Waals surface area contributed by atoms with Crippen LogP contribution >= 0.6 is 0 Å². The Hall–Kier alpha value is -5.12. The lowest BCUT2D eigenvalue weighted by Crippen LogP contribution is -2.47. The van der Waals surface area contributed by atoms with E-state index in [4.69, 9.17) is 14.0 Å². The molecule has 0 radical (unpaired) electrons. The molecular weight excluding hydrogens is 496 g/mol. The van der Waals surface area contributed by atoms with E-state index in [1.165, 1.54) is 0 Å². The van der Waals surface area contributed by atoms with E-state index in [-0.39, 0.29) is 12.6 Å². The van der Waals surface area contributed by atoms with Crippen LogP contribution in [-0.4, -0.2) is 53.9 Å². The predicted molar refractivity (Wildman–Crippen MR) is 145 cm³/mol. The zero-order valence-corrected chi connectivity index (χ0v) is 20.8. The summed E-state index contributed by atoms with van der Waals surface area (Å²) in [4.78, 5) is 27.1. The second kappa shape index (κ2) is 8.45. The summed E-state index contributed by atoms with van der Waals surface area (Å²) in [7, 11) is 0. The number of anilines is 4. The molecular formula is C29H22N6O4. The zero-order valence-electron chi connectivity index (χ0n) is 20.8. The Bertz CT molecular complexity index is 1760. The molecule has 192 valence electrons. The largest absolute Gasteiger partial charge is 0.454 e. The third-order valence-electron chi connectivity index (χ3n) is 7.49. The summed E-state index contributed by atoms with van der Waals surface area (Å²) < 4.78 is 17.0. The fourth-order valence-electron chi connectivity index (χ4n) is 5.61. The fraction of sp³-hybridized carbons (Fsp3) is 0.172. The van der Waals surface area contributed by atoms with Crippen molar-refractivity contribution in [2.24, 2.45) is 0 Å². The van der Waals surface area contributed by atoms with Gasteiger partial charge in [0.15, 0.2) is 23.0 Å². The summed E-state index contributed by atoms with van der Waals surface area (Å²) >= 11 is 0. The van der Waals surface area contributed by atoms with Gasteiger partial charge in [0.05, 0.1) is 22.3 Å². The Labute approximate surface area is 222 Å². The summed E-state index contributed by atoms with van der Waals surface area (Å²) in [5.74, 6) is 2.64. The summed E-state index contributed by atoms with van der Waals surface area (Å²) in [6.07, 6.45) is 3.52. The molecule has 0 amide bonds. The highest BCUT2D eigenvalue weighted by Gasteiger charge is 2.34. The average Bonchev–Trinajstić information content (AvgIpc) is 3.64. The summed E-state index contributed by atoms with van der Waals surface area (Å²) in [5, 5.41) is 8.72. The first-order valence-electron chi connectivity index (χ1n) is 12.8. The van der Waals surface area contributed by atoms with Crippen molar-refractivity contribution in [2.75, 3.05) is 48.1 Å². The van der Waals surface area contributed by atoms with Gasteiger partial charge < -0.3 is 29.1 Å². The van der Waals surface area contributed by atoms with Crippen LogP contribution in [0, 0.1) is 0 Å². The van der Waals surface area contributed by atoms with Gasteiger partial charge in [-0.05, 0) is 24.3 Å². The third kappa shape index (κ3) is 3.41. The molecule has 0 bridgehead atoms. The van der Waals surface area contributed by atoms with E-state index < -0.39 is 0 Å². The Kier molecular flexibility index (Phi) is 4.75. The number of ketones is 1. The van der Waals surface area contributed by atoms with E-state index in [9.17, 15) is 4.79 Å². The molecule has 0 atom stereocenters. The first-order chi connectivity index (χ1) is 19.2. The lowest BCUT2D eigenvalue weighted by atomic mass is 9.86. The Balaban J connectivity index is 1.24. The summed E-state index contributed by atoms with van der Waals surface area (Å²) in [5.41, 5.74) is 4.98. The van der Waals surface area contributed by atoms with Crippen LogP contribution in [0.25, 0.3) is 22.2 Å². The highest BCUT2D eigenvalue weighted by molar-refractivity contribution is 6.28. The molecule has 5 aromatic rings. The number of rotatable bonds is 4. The molecule has 10 heteroatoms. The van der Waals surface area contributed by atoms with Crippen molar-refractivity contribution >= 4 is 39.7 Å². The van der Waals surface area contributed by atoms with Crippen LogP contribution in [0.4, 0.5) is 23.0 Å². The SMILES string of the molecule is O=C1c2ccccc2-c2onc3c(N4CCN(c5ncccn5)CC4)cc(Nc4ccc5c(c4)OCO5)c1c23. The minimum Gasteiger partial charge on any atom is -0.454 e. The fourth-order valence-corrected chi connectivity index (χ4v) is 5.61. The van der Waals surface area contributed by atoms with E-state index in [1.807, 2.05) is 54.6 Å². The van der Waals surface area contributed by atoms with Crippen molar-refractivity contribution < 1.29 is 18.8 Å². The minimum absolute atomic E-state index is 0.0628. The van der Waals surface area contributed by atoms with E-state index in [2.05, 4.69) is 30.2 Å². The lowest BCUT2D eigenvalue weighted by Gasteiger charge is -2.36. The second-order valence-electron chi connectivity index (χ2n) is 9.64. The molecule has 10 nitrogen and oxygen atoms in total. The van der Waals surface area contributed by atoms with Gasteiger partial charge in [-0.15, -0.1) is 0 Å². The lowest BCUT2D eigenvalue weighted by molar-refractivity contribution is 0.104. The Morgan fingerprint density at radius 2 is 1.59 bits per heavy atom. The highest BCUT2D eigenvalue weighted by atomic mass is 16.7. The van der Waals surface area contributed by atoms with E-state index in [1.54, 1.807) is 12.4 Å². The average molecular weight is 519 g/mol. The number of nitrogens with one attached hydrogen (secondary N) is 1. The zero-order chi connectivity index (χ0) is 25.9. The van der Waals surface area contributed by atoms with Gasteiger partial charge >= 0.3 is 0 Å². The topological polar surface area (TPSA) is 106 Å². The molecule has 1 saturated heterocycles. The van der Waals surface area contributed by atoms with Crippen molar-refractivity contribution in [2.45, 2.75) is 0 Å². The number of carbonyl (C=O) groups is 1. The summed E-state index contributed by atoms with van der Waals surface area (Å²) in [6.45, 7) is 3.18. The number of piperazine rings is 1. The van der Waals surface area contributed by atoms with Crippen LogP contribution in [0.1, 0.15) is 15.9 Å². The van der Waals surface area contributed by atoms with Crippen molar-refractivity contribution in [3.8, 4) is 22.8 Å². The molecule has 1 N–H and O–H groups in total. The molecule has 8 rings (SSSR count). The van der Waals surface area contributed by atoms with Crippen LogP contribution in [0.3, 0.4) is 0 Å². The number of nitrogens with zero attached hydrogens (tertiary/aromatic N) is 5. The van der Waals surface area contributed by atoms with Crippen LogP contribution in [0.15, 0.2) is 71.5 Å². The summed E-state index contributed by atoms with van der Waals surface area (Å²) in [6, 6.07) is 17.0. The van der Waals surface area contributed by atoms with Gasteiger partial charge in [-0.1, -0.05) is 29.4 Å². The first-order valence-corrected chi connectivity index (χ1v) is 12.8. The highest BCUT2D eigenvalue weighted by Crippen LogP contribution is 2.47. The maximum absolute atomic E-state index is 13.9.